The molecule has 5 rings (SSSR count). The lowest BCUT2D eigenvalue weighted by Crippen LogP contribution is -2.63. The van der Waals surface area contributed by atoms with Gasteiger partial charge >= 0.3 is 0 Å². The molecule has 4 fully saturated rings. The molecule has 9 heteroatoms. The number of halogens is 1. The molecule has 4 aliphatic rings. The maximum Gasteiger partial charge on any atom is 0.218 e. The van der Waals surface area contributed by atoms with Gasteiger partial charge in [-0.15, -0.1) is 0 Å². The molecule has 4 unspecified atom stereocenters. The van der Waals surface area contributed by atoms with Gasteiger partial charge in [-0.05, 0) is 17.7 Å². The third kappa shape index (κ3) is 2.03. The van der Waals surface area contributed by atoms with E-state index in [0.717, 1.165) is 0 Å². The van der Waals surface area contributed by atoms with Crippen molar-refractivity contribution in [2.45, 2.75) is 36.9 Å². The van der Waals surface area contributed by atoms with Gasteiger partial charge in [0.2, 0.25) is 17.1 Å². The lowest BCUT2D eigenvalue weighted by Gasteiger charge is -2.54. The van der Waals surface area contributed by atoms with Crippen LogP contribution in [0.4, 0.5) is 4.39 Å². The number of nitrogens with zero attached hydrogens (tertiary/aromatic N) is 3. The van der Waals surface area contributed by atoms with E-state index >= 15 is 0 Å². The minimum Gasteiger partial charge on any atom is -0.447 e. The van der Waals surface area contributed by atoms with Gasteiger partial charge in [0.05, 0.1) is 37.3 Å². The lowest BCUT2D eigenvalue weighted by molar-refractivity contribution is -0.330. The van der Waals surface area contributed by atoms with Gasteiger partial charge < -0.3 is 18.9 Å². The van der Waals surface area contributed by atoms with Gasteiger partial charge in [-0.2, -0.15) is 15.8 Å². The maximum absolute atomic E-state index is 14.0. The van der Waals surface area contributed by atoms with E-state index in [4.69, 9.17) is 24.4 Å². The number of rotatable bonds is 1. The Kier molecular flexibility index (Phi) is 3.79. The van der Waals surface area contributed by atoms with Gasteiger partial charge in [0, 0.05) is 19.3 Å². The zero-order valence-electron chi connectivity index (χ0n) is 15.9. The van der Waals surface area contributed by atoms with Crippen LogP contribution in [0.5, 0.6) is 0 Å². The summed E-state index contributed by atoms with van der Waals surface area (Å²) in [6.45, 7) is 0.790. The van der Waals surface area contributed by atoms with Crippen LogP contribution in [0.2, 0.25) is 0 Å². The highest BCUT2D eigenvalue weighted by Gasteiger charge is 2.82. The van der Waals surface area contributed by atoms with Crippen LogP contribution in [0, 0.1) is 62.0 Å². The molecule has 1 N–H and O–H groups in total. The van der Waals surface area contributed by atoms with Crippen molar-refractivity contribution in [2.24, 2.45) is 16.7 Å². The SMILES string of the molecule is N#CC1(C#N)C(c2cccc(F)c2)OC23CCC4(CC2C1(C#N)C(=N)O3)OCCO4. The van der Waals surface area contributed by atoms with Crippen LogP contribution in [0.25, 0.3) is 0 Å². The number of hydrogen-bond donors (Lipinski definition) is 1. The zero-order chi connectivity index (χ0) is 21.2. The third-order valence-electron chi connectivity index (χ3n) is 6.88. The largest absolute Gasteiger partial charge is 0.447 e. The Morgan fingerprint density at radius 2 is 1.80 bits per heavy atom. The predicted octanol–water partition coefficient (Wildman–Crippen LogP) is 2.69. The Hall–Kier alpha value is -3.03. The normalized spacial score (nSPS) is 37.5. The van der Waals surface area contributed by atoms with Gasteiger partial charge in [-0.1, -0.05) is 12.1 Å². The fourth-order valence-corrected chi connectivity index (χ4v) is 5.52. The quantitative estimate of drug-likeness (QED) is 0.755. The van der Waals surface area contributed by atoms with Gasteiger partial charge in [0.1, 0.15) is 11.9 Å². The topological polar surface area (TPSA) is 132 Å². The second-order valence-corrected chi connectivity index (χ2v) is 8.11. The Morgan fingerprint density at radius 3 is 2.43 bits per heavy atom. The van der Waals surface area contributed by atoms with Crippen LogP contribution < -0.4 is 0 Å². The minimum atomic E-state index is -2.13. The molecule has 2 bridgehead atoms. The Bertz CT molecular complexity index is 1050. The molecule has 0 radical (unpaired) electrons. The number of hydrogen-bond acceptors (Lipinski definition) is 8. The summed E-state index contributed by atoms with van der Waals surface area (Å²) < 4.78 is 37.7. The first-order valence-corrected chi connectivity index (χ1v) is 9.64. The highest BCUT2D eigenvalue weighted by molar-refractivity contribution is 5.89. The predicted molar refractivity (Wildman–Crippen MR) is 95.4 cm³/mol. The van der Waals surface area contributed by atoms with Crippen molar-refractivity contribution in [3.63, 3.8) is 0 Å². The number of nitrogens with one attached hydrogen (secondary N) is 1. The number of ether oxygens (including phenoxy) is 4. The standard InChI is InChI=1S/C21H17FN4O4/c22-14-3-1-2-13(8-14)16-18(10-23,11-24)20(12-25)15-9-19(27-6-7-28-19)4-5-21(15,29-16)30-17(20)26/h1-3,8,15-16,26H,4-7,9H2. The van der Waals surface area contributed by atoms with Crippen molar-refractivity contribution in [3.05, 3.63) is 35.6 Å². The Morgan fingerprint density at radius 1 is 1.07 bits per heavy atom. The van der Waals surface area contributed by atoms with Crippen molar-refractivity contribution < 1.29 is 23.3 Å². The maximum atomic E-state index is 14.0. The smallest absolute Gasteiger partial charge is 0.218 e. The van der Waals surface area contributed by atoms with E-state index in [0.29, 0.717) is 19.6 Å². The highest BCUT2D eigenvalue weighted by atomic mass is 19.1. The Balaban J connectivity index is 1.73. The first-order chi connectivity index (χ1) is 14.4. The molecular formula is C21H17FN4O4. The van der Waals surface area contributed by atoms with E-state index in [1.54, 1.807) is 0 Å². The summed E-state index contributed by atoms with van der Waals surface area (Å²) >= 11 is 0. The molecule has 1 spiro atoms. The zero-order valence-corrected chi connectivity index (χ0v) is 15.9. The van der Waals surface area contributed by atoms with Crippen molar-refractivity contribution in [1.82, 2.24) is 0 Å². The summed E-state index contributed by atoms with van der Waals surface area (Å²) in [5, 5.41) is 39.3. The lowest BCUT2D eigenvalue weighted by atomic mass is 9.51. The van der Waals surface area contributed by atoms with Crippen LogP contribution in [0.3, 0.4) is 0 Å². The summed E-state index contributed by atoms with van der Waals surface area (Å²) in [4.78, 5) is 0. The first-order valence-electron chi connectivity index (χ1n) is 9.64. The van der Waals surface area contributed by atoms with Crippen molar-refractivity contribution in [3.8, 4) is 18.2 Å². The summed E-state index contributed by atoms with van der Waals surface area (Å²) in [7, 11) is 0. The first kappa shape index (κ1) is 19.0. The van der Waals surface area contributed by atoms with E-state index < -0.39 is 46.1 Å². The Labute approximate surface area is 171 Å². The molecule has 4 atom stereocenters. The highest BCUT2D eigenvalue weighted by Crippen LogP contribution is 2.70. The van der Waals surface area contributed by atoms with E-state index in [1.807, 2.05) is 12.1 Å². The molecule has 3 aliphatic heterocycles. The van der Waals surface area contributed by atoms with E-state index in [2.05, 4.69) is 6.07 Å². The van der Waals surface area contributed by atoms with Crippen LogP contribution in [-0.2, 0) is 18.9 Å². The van der Waals surface area contributed by atoms with Gasteiger partial charge in [0.15, 0.2) is 11.2 Å². The van der Waals surface area contributed by atoms with Crippen molar-refractivity contribution in [1.29, 1.82) is 21.2 Å². The average Bonchev–Trinajstić information content (AvgIpc) is 3.28. The molecule has 30 heavy (non-hydrogen) atoms. The van der Waals surface area contributed by atoms with Crippen LogP contribution >= 0.6 is 0 Å². The van der Waals surface area contributed by atoms with Crippen LogP contribution in [0.15, 0.2) is 24.3 Å². The molecule has 0 aromatic heterocycles. The fraction of sp³-hybridized carbons (Fsp3) is 0.524. The molecule has 8 nitrogen and oxygen atoms in total. The minimum absolute atomic E-state index is 0.143. The van der Waals surface area contributed by atoms with Crippen LogP contribution in [-0.4, -0.2) is 30.7 Å². The summed E-state index contributed by atoms with van der Waals surface area (Å²) in [5.74, 6) is -4.24. The average molecular weight is 408 g/mol. The van der Waals surface area contributed by atoms with E-state index in [-0.39, 0.29) is 18.4 Å². The third-order valence-corrected chi connectivity index (χ3v) is 6.88. The number of benzene rings is 1. The van der Waals surface area contributed by atoms with Crippen molar-refractivity contribution in [2.75, 3.05) is 13.2 Å². The molecule has 1 aromatic rings. The van der Waals surface area contributed by atoms with Gasteiger partial charge in [0.25, 0.3) is 0 Å². The molecule has 1 aromatic carbocycles. The molecular weight excluding hydrogens is 391 g/mol. The molecule has 152 valence electrons. The van der Waals surface area contributed by atoms with Gasteiger partial charge in [-0.3, -0.25) is 5.41 Å². The van der Waals surface area contributed by atoms with Crippen LogP contribution in [0.1, 0.15) is 30.9 Å². The van der Waals surface area contributed by atoms with E-state index in [9.17, 15) is 20.2 Å². The van der Waals surface area contributed by atoms with E-state index in [1.165, 1.54) is 24.3 Å². The molecule has 3 saturated heterocycles. The molecule has 0 amide bonds. The van der Waals surface area contributed by atoms with Gasteiger partial charge in [-0.25, -0.2) is 4.39 Å². The molecule has 1 aliphatic carbocycles. The summed E-state index contributed by atoms with van der Waals surface area (Å²) in [5.41, 5.74) is -3.81. The molecule has 1 saturated carbocycles. The second-order valence-electron chi connectivity index (χ2n) is 8.11. The van der Waals surface area contributed by atoms with Crippen molar-refractivity contribution >= 4 is 5.90 Å². The fourth-order valence-electron chi connectivity index (χ4n) is 5.52. The number of nitriles is 3. The second kappa shape index (κ2) is 6.00. The monoisotopic (exact) mass is 408 g/mol. The summed E-state index contributed by atoms with van der Waals surface area (Å²) in [6.07, 6.45) is -0.492. The summed E-state index contributed by atoms with van der Waals surface area (Å²) in [6, 6.07) is 11.4. The molecule has 3 heterocycles.